The fraction of sp³-hybridized carbons (Fsp3) is 0.364. The standard InChI is InChI=1S/C22H25FN2O5S/c1-27-18-11-13(12-19(28-2)20(18)29-3)21(26)30-10-9-24-22(31)25-17-8-7-14-15(17)5-4-6-16(14)23/h4-6,11-12,17H,7-10H2,1-3H3,(H2,24,25,31). The van der Waals surface area contributed by atoms with Crippen LogP contribution in [0, 0.1) is 5.82 Å². The second-order valence-corrected chi connectivity index (χ2v) is 7.26. The van der Waals surface area contributed by atoms with Gasteiger partial charge in [-0.2, -0.15) is 0 Å². The van der Waals surface area contributed by atoms with E-state index in [9.17, 15) is 9.18 Å². The van der Waals surface area contributed by atoms with E-state index in [1.54, 1.807) is 6.07 Å². The van der Waals surface area contributed by atoms with Gasteiger partial charge in [0.2, 0.25) is 5.75 Å². The van der Waals surface area contributed by atoms with Gasteiger partial charge < -0.3 is 29.6 Å². The van der Waals surface area contributed by atoms with Crippen LogP contribution in [0.4, 0.5) is 4.39 Å². The van der Waals surface area contributed by atoms with E-state index in [2.05, 4.69) is 10.6 Å². The summed E-state index contributed by atoms with van der Waals surface area (Å²) in [6.07, 6.45) is 1.45. The smallest absolute Gasteiger partial charge is 0.338 e. The summed E-state index contributed by atoms with van der Waals surface area (Å²) < 4.78 is 34.9. The zero-order valence-electron chi connectivity index (χ0n) is 17.6. The normalized spacial score (nSPS) is 14.4. The van der Waals surface area contributed by atoms with E-state index in [1.165, 1.54) is 39.5 Å². The molecule has 2 aromatic carbocycles. The van der Waals surface area contributed by atoms with Crippen LogP contribution >= 0.6 is 12.2 Å². The summed E-state index contributed by atoms with van der Waals surface area (Å²) in [7, 11) is 4.43. The zero-order valence-corrected chi connectivity index (χ0v) is 18.4. The molecule has 0 aromatic heterocycles. The van der Waals surface area contributed by atoms with Crippen molar-refractivity contribution in [3.05, 3.63) is 52.8 Å². The van der Waals surface area contributed by atoms with E-state index in [0.717, 1.165) is 17.5 Å². The molecule has 1 atom stereocenters. The molecule has 31 heavy (non-hydrogen) atoms. The minimum absolute atomic E-state index is 0.0347. The average molecular weight is 449 g/mol. The van der Waals surface area contributed by atoms with Crippen molar-refractivity contribution in [1.82, 2.24) is 10.6 Å². The largest absolute Gasteiger partial charge is 0.493 e. The number of carbonyl (C=O) groups is 1. The number of nitrogens with one attached hydrogen (secondary N) is 2. The van der Waals surface area contributed by atoms with Crippen LogP contribution in [0.1, 0.15) is 33.9 Å². The maximum Gasteiger partial charge on any atom is 0.338 e. The van der Waals surface area contributed by atoms with Gasteiger partial charge in [-0.25, -0.2) is 9.18 Å². The Kier molecular flexibility index (Phi) is 7.51. The molecule has 1 aliphatic rings. The van der Waals surface area contributed by atoms with Crippen LogP contribution in [0.15, 0.2) is 30.3 Å². The third-order valence-electron chi connectivity index (χ3n) is 5.04. The molecule has 0 aliphatic heterocycles. The van der Waals surface area contributed by atoms with Crippen molar-refractivity contribution in [2.24, 2.45) is 0 Å². The lowest BCUT2D eigenvalue weighted by Gasteiger charge is -2.17. The van der Waals surface area contributed by atoms with E-state index in [-0.39, 0.29) is 24.0 Å². The Bertz CT molecular complexity index is 944. The Labute approximate surface area is 185 Å². The van der Waals surface area contributed by atoms with Crippen LogP contribution in [-0.2, 0) is 11.2 Å². The number of rotatable bonds is 8. The van der Waals surface area contributed by atoms with Gasteiger partial charge in [-0.15, -0.1) is 0 Å². The molecular formula is C22H25FN2O5S. The number of fused-ring (bicyclic) bond motifs is 1. The SMILES string of the molecule is COc1cc(C(=O)OCCNC(=S)NC2CCc3c(F)cccc32)cc(OC)c1OC. The molecule has 0 fully saturated rings. The number of esters is 1. The summed E-state index contributed by atoms with van der Waals surface area (Å²) in [6.45, 7) is 0.428. The van der Waals surface area contributed by atoms with Crippen LogP contribution < -0.4 is 24.8 Å². The molecule has 9 heteroatoms. The highest BCUT2D eigenvalue weighted by Gasteiger charge is 2.25. The first-order chi connectivity index (χ1) is 15.0. The van der Waals surface area contributed by atoms with Gasteiger partial charge in [0.1, 0.15) is 12.4 Å². The summed E-state index contributed by atoms with van der Waals surface area (Å²) in [5, 5.41) is 6.62. The van der Waals surface area contributed by atoms with Crippen LogP contribution in [0.25, 0.3) is 0 Å². The molecule has 2 aromatic rings. The third-order valence-corrected chi connectivity index (χ3v) is 5.30. The molecule has 0 bridgehead atoms. The van der Waals surface area contributed by atoms with Crippen LogP contribution in [0.3, 0.4) is 0 Å². The van der Waals surface area contributed by atoms with Gasteiger partial charge in [-0.3, -0.25) is 0 Å². The van der Waals surface area contributed by atoms with E-state index >= 15 is 0 Å². The lowest BCUT2D eigenvalue weighted by atomic mass is 10.1. The van der Waals surface area contributed by atoms with Crippen molar-refractivity contribution in [3.63, 3.8) is 0 Å². The number of carbonyl (C=O) groups excluding carboxylic acids is 1. The van der Waals surface area contributed by atoms with Crippen molar-refractivity contribution < 1.29 is 28.1 Å². The Balaban J connectivity index is 1.49. The second-order valence-electron chi connectivity index (χ2n) is 6.85. The van der Waals surface area contributed by atoms with Gasteiger partial charge in [0.25, 0.3) is 0 Å². The number of methoxy groups -OCH3 is 3. The lowest BCUT2D eigenvalue weighted by Crippen LogP contribution is -2.38. The van der Waals surface area contributed by atoms with E-state index in [4.69, 9.17) is 31.2 Å². The summed E-state index contributed by atoms with van der Waals surface area (Å²) >= 11 is 5.31. The Morgan fingerprint density at radius 3 is 2.52 bits per heavy atom. The highest BCUT2D eigenvalue weighted by Crippen LogP contribution is 2.38. The van der Waals surface area contributed by atoms with Gasteiger partial charge in [-0.05, 0) is 54.4 Å². The molecule has 7 nitrogen and oxygen atoms in total. The van der Waals surface area contributed by atoms with Crippen LogP contribution in [0.5, 0.6) is 17.2 Å². The highest BCUT2D eigenvalue weighted by molar-refractivity contribution is 7.80. The first-order valence-corrected chi connectivity index (χ1v) is 10.2. The van der Waals surface area contributed by atoms with Gasteiger partial charge in [-0.1, -0.05) is 12.1 Å². The molecule has 166 valence electrons. The Morgan fingerprint density at radius 2 is 1.87 bits per heavy atom. The first-order valence-electron chi connectivity index (χ1n) is 9.77. The van der Waals surface area contributed by atoms with Crippen molar-refractivity contribution in [2.75, 3.05) is 34.5 Å². The molecule has 0 saturated heterocycles. The van der Waals surface area contributed by atoms with Gasteiger partial charge in [0.05, 0.1) is 39.5 Å². The molecular weight excluding hydrogens is 423 g/mol. The predicted octanol–water partition coefficient (Wildman–Crippen LogP) is 3.16. The minimum Gasteiger partial charge on any atom is -0.493 e. The highest BCUT2D eigenvalue weighted by atomic mass is 32.1. The first kappa shape index (κ1) is 22.6. The molecule has 0 amide bonds. The molecule has 1 aliphatic carbocycles. The van der Waals surface area contributed by atoms with E-state index < -0.39 is 5.97 Å². The molecule has 0 saturated carbocycles. The van der Waals surface area contributed by atoms with Gasteiger partial charge >= 0.3 is 5.97 Å². The summed E-state index contributed by atoms with van der Waals surface area (Å²) in [5.41, 5.74) is 1.94. The molecule has 0 radical (unpaired) electrons. The van der Waals surface area contributed by atoms with Crippen molar-refractivity contribution in [2.45, 2.75) is 18.9 Å². The van der Waals surface area contributed by atoms with Crippen molar-refractivity contribution >= 4 is 23.3 Å². The monoisotopic (exact) mass is 448 g/mol. The fourth-order valence-electron chi connectivity index (χ4n) is 3.56. The fourth-order valence-corrected chi connectivity index (χ4v) is 3.80. The van der Waals surface area contributed by atoms with Gasteiger partial charge in [0.15, 0.2) is 16.6 Å². The Morgan fingerprint density at radius 1 is 1.16 bits per heavy atom. The molecule has 0 heterocycles. The quantitative estimate of drug-likeness (QED) is 0.362. The molecule has 0 spiro atoms. The van der Waals surface area contributed by atoms with Crippen LogP contribution in [-0.4, -0.2) is 45.6 Å². The van der Waals surface area contributed by atoms with Gasteiger partial charge in [0, 0.05) is 0 Å². The number of halogens is 1. The third kappa shape index (κ3) is 5.16. The molecule has 2 N–H and O–H groups in total. The lowest BCUT2D eigenvalue weighted by molar-refractivity contribution is 0.0511. The second kappa shape index (κ2) is 10.3. The van der Waals surface area contributed by atoms with Crippen LogP contribution in [0.2, 0.25) is 0 Å². The van der Waals surface area contributed by atoms with Crippen molar-refractivity contribution in [1.29, 1.82) is 0 Å². The summed E-state index contributed by atoms with van der Waals surface area (Å²) in [6, 6.07) is 8.10. The van der Waals surface area contributed by atoms with Crippen molar-refractivity contribution in [3.8, 4) is 17.2 Å². The topological polar surface area (TPSA) is 78.1 Å². The number of thiocarbonyl (C=S) groups is 1. The number of hydrogen-bond acceptors (Lipinski definition) is 6. The summed E-state index contributed by atoms with van der Waals surface area (Å²) in [5.74, 6) is 0.420. The summed E-state index contributed by atoms with van der Waals surface area (Å²) in [4.78, 5) is 12.4. The average Bonchev–Trinajstić information content (AvgIpc) is 3.19. The maximum absolute atomic E-state index is 13.9. The zero-order chi connectivity index (χ0) is 22.4. The maximum atomic E-state index is 13.9. The number of hydrogen-bond donors (Lipinski definition) is 2. The molecule has 1 unspecified atom stereocenters. The number of benzene rings is 2. The number of ether oxygens (including phenoxy) is 4. The minimum atomic E-state index is -0.528. The van der Waals surface area contributed by atoms with E-state index in [1.807, 2.05) is 6.07 Å². The predicted molar refractivity (Wildman–Crippen MR) is 118 cm³/mol. The molecule has 3 rings (SSSR count). The Hall–Kier alpha value is -3.07. The van der Waals surface area contributed by atoms with E-state index in [0.29, 0.717) is 35.3 Å².